The highest BCUT2D eigenvalue weighted by Gasteiger charge is 2.61. The van der Waals surface area contributed by atoms with E-state index in [1.54, 1.807) is 0 Å². The first kappa shape index (κ1) is 32.4. The molecule has 0 saturated heterocycles. The van der Waals surface area contributed by atoms with E-state index >= 15 is 0 Å². The molecule has 4 heteroatoms. The molecule has 1 aromatic rings. The van der Waals surface area contributed by atoms with E-state index in [4.69, 9.17) is 0 Å². The monoisotopic (exact) mass is 567 g/mol. The molecule has 3 aliphatic rings. The Labute approximate surface area is 251 Å². The molecular formula is C37H61NO3. The van der Waals surface area contributed by atoms with Gasteiger partial charge in [0.15, 0.2) is 0 Å². The molecule has 4 rings (SSSR count). The van der Waals surface area contributed by atoms with E-state index in [-0.39, 0.29) is 11.3 Å². The zero-order valence-corrected chi connectivity index (χ0v) is 26.8. The molecule has 0 unspecified atom stereocenters. The second-order valence-electron chi connectivity index (χ2n) is 14.2. The molecule has 0 spiro atoms. The maximum atomic E-state index is 13.6. The van der Waals surface area contributed by atoms with E-state index in [2.05, 4.69) is 31.7 Å². The molecule has 1 aromatic carbocycles. The Morgan fingerprint density at radius 1 is 0.878 bits per heavy atom. The van der Waals surface area contributed by atoms with E-state index in [0.29, 0.717) is 36.3 Å². The van der Waals surface area contributed by atoms with Crippen molar-refractivity contribution in [3.63, 3.8) is 0 Å². The van der Waals surface area contributed by atoms with E-state index in [9.17, 15) is 15.0 Å². The average Bonchev–Trinajstić information content (AvgIpc) is 3.24. The molecule has 3 aliphatic carbocycles. The van der Waals surface area contributed by atoms with Gasteiger partial charge in [-0.15, -0.1) is 0 Å². The van der Waals surface area contributed by atoms with E-state index in [1.165, 1.54) is 75.3 Å². The Morgan fingerprint density at radius 2 is 1.51 bits per heavy atom. The van der Waals surface area contributed by atoms with Gasteiger partial charge in [-0.05, 0) is 104 Å². The predicted molar refractivity (Wildman–Crippen MR) is 170 cm³/mol. The van der Waals surface area contributed by atoms with Crippen molar-refractivity contribution >= 4 is 5.91 Å². The summed E-state index contributed by atoms with van der Waals surface area (Å²) in [5.74, 6) is 2.32. The summed E-state index contributed by atoms with van der Waals surface area (Å²) in [5.41, 5.74) is 1.92. The summed E-state index contributed by atoms with van der Waals surface area (Å²) in [7, 11) is 0. The molecule has 41 heavy (non-hydrogen) atoms. The first-order valence-corrected chi connectivity index (χ1v) is 17.6. The van der Waals surface area contributed by atoms with Crippen LogP contribution in [0.25, 0.3) is 0 Å². The lowest BCUT2D eigenvalue weighted by Gasteiger charge is -2.53. The van der Waals surface area contributed by atoms with Crippen LogP contribution >= 0.6 is 0 Å². The number of benzene rings is 1. The molecule has 5 atom stereocenters. The second kappa shape index (κ2) is 15.3. The fraction of sp³-hybridized carbons (Fsp3) is 0.811. The largest absolute Gasteiger partial charge is 0.508 e. The maximum Gasteiger partial charge on any atom is 0.222 e. The van der Waals surface area contributed by atoms with Gasteiger partial charge in [0.1, 0.15) is 5.75 Å². The first-order chi connectivity index (χ1) is 19.8. The normalized spacial score (nSPS) is 28.6. The number of aromatic hydroxyl groups is 1. The van der Waals surface area contributed by atoms with Crippen molar-refractivity contribution < 1.29 is 15.0 Å². The lowest BCUT2D eigenvalue weighted by atomic mass is 9.53. The molecule has 0 heterocycles. The van der Waals surface area contributed by atoms with Crippen molar-refractivity contribution in [3.8, 4) is 5.75 Å². The van der Waals surface area contributed by atoms with Crippen molar-refractivity contribution in [2.24, 2.45) is 17.3 Å². The third kappa shape index (κ3) is 7.70. The summed E-state index contributed by atoms with van der Waals surface area (Å²) in [6, 6.07) is 5.98. The molecule has 4 nitrogen and oxygen atoms in total. The summed E-state index contributed by atoms with van der Waals surface area (Å²) in [6.45, 7) is 8.64. The number of aryl methyl sites for hydroxylation is 1. The highest BCUT2D eigenvalue weighted by Crippen LogP contribution is 2.65. The van der Waals surface area contributed by atoms with Crippen molar-refractivity contribution in [1.29, 1.82) is 0 Å². The van der Waals surface area contributed by atoms with Crippen LogP contribution in [0.5, 0.6) is 5.75 Å². The lowest BCUT2D eigenvalue weighted by molar-refractivity contribution is -0.137. The van der Waals surface area contributed by atoms with Crippen molar-refractivity contribution in [2.75, 3.05) is 13.1 Å². The Morgan fingerprint density at radius 3 is 2.17 bits per heavy atom. The number of nitrogens with zero attached hydrogens (tertiary/aromatic N) is 1. The van der Waals surface area contributed by atoms with Crippen LogP contribution in [0, 0.1) is 17.3 Å². The number of hydrogen-bond donors (Lipinski definition) is 2. The van der Waals surface area contributed by atoms with E-state index < -0.39 is 5.60 Å². The van der Waals surface area contributed by atoms with Gasteiger partial charge in [0.05, 0.1) is 5.60 Å². The van der Waals surface area contributed by atoms with Crippen LogP contribution in [0.15, 0.2) is 18.2 Å². The topological polar surface area (TPSA) is 60.8 Å². The number of phenols is 1. The molecule has 2 fully saturated rings. The van der Waals surface area contributed by atoms with Gasteiger partial charge in [-0.2, -0.15) is 0 Å². The van der Waals surface area contributed by atoms with Gasteiger partial charge in [-0.1, -0.05) is 91.0 Å². The number of carbonyl (C=O) groups excluding carboxylic acids is 1. The second-order valence-corrected chi connectivity index (χ2v) is 14.2. The minimum absolute atomic E-state index is 0.105. The van der Waals surface area contributed by atoms with E-state index in [0.717, 1.165) is 64.5 Å². The van der Waals surface area contributed by atoms with E-state index in [1.807, 2.05) is 12.1 Å². The van der Waals surface area contributed by atoms with Crippen molar-refractivity contribution in [2.45, 2.75) is 161 Å². The smallest absolute Gasteiger partial charge is 0.222 e. The van der Waals surface area contributed by atoms with Crippen LogP contribution in [-0.4, -0.2) is 39.7 Å². The number of phenolic OH excluding ortho intramolecular Hbond substituents is 1. The Kier molecular flexibility index (Phi) is 12.0. The predicted octanol–water partition coefficient (Wildman–Crippen LogP) is 9.31. The zero-order chi connectivity index (χ0) is 29.3. The number of rotatable bonds is 17. The summed E-state index contributed by atoms with van der Waals surface area (Å²) >= 11 is 0. The van der Waals surface area contributed by atoms with Crippen molar-refractivity contribution in [1.82, 2.24) is 4.90 Å². The third-order valence-electron chi connectivity index (χ3n) is 11.7. The number of fused-ring (bicyclic) bond motifs is 5. The highest BCUT2D eigenvalue weighted by molar-refractivity contribution is 5.76. The van der Waals surface area contributed by atoms with Gasteiger partial charge >= 0.3 is 0 Å². The number of hydrogen-bond acceptors (Lipinski definition) is 3. The van der Waals surface area contributed by atoms with Gasteiger partial charge in [0.25, 0.3) is 0 Å². The number of unbranched alkanes of at least 4 members (excludes halogenated alkanes) is 10. The lowest BCUT2D eigenvalue weighted by Crippen LogP contribution is -2.51. The van der Waals surface area contributed by atoms with Gasteiger partial charge in [-0.3, -0.25) is 4.79 Å². The Balaban J connectivity index is 1.33. The molecule has 2 saturated carbocycles. The summed E-state index contributed by atoms with van der Waals surface area (Å²) in [4.78, 5) is 15.8. The fourth-order valence-corrected chi connectivity index (χ4v) is 9.09. The SMILES string of the molecule is CCCCCCCCN(CCCCCCCC)C(=O)CC[C@]1(O)CC[C@H]2[C@@H]3CCc4cc(O)ccc4[C@H]3CC[C@@]21C. The van der Waals surface area contributed by atoms with Crippen LogP contribution < -0.4 is 0 Å². The van der Waals surface area contributed by atoms with Gasteiger partial charge < -0.3 is 15.1 Å². The molecule has 0 aromatic heterocycles. The van der Waals surface area contributed by atoms with Crippen LogP contribution in [0.4, 0.5) is 0 Å². The fourth-order valence-electron chi connectivity index (χ4n) is 9.09. The molecule has 0 aliphatic heterocycles. The quantitative estimate of drug-likeness (QED) is 0.184. The zero-order valence-electron chi connectivity index (χ0n) is 26.8. The van der Waals surface area contributed by atoms with Crippen LogP contribution in [-0.2, 0) is 11.2 Å². The molecule has 2 N–H and O–H groups in total. The molecule has 0 bridgehead atoms. The number of aliphatic hydroxyl groups is 1. The van der Waals surface area contributed by atoms with Crippen LogP contribution in [0.3, 0.4) is 0 Å². The average molecular weight is 568 g/mol. The Hall–Kier alpha value is -1.55. The summed E-state index contributed by atoms with van der Waals surface area (Å²) in [6.07, 6.45) is 22.3. The molecular weight excluding hydrogens is 506 g/mol. The van der Waals surface area contributed by atoms with Crippen molar-refractivity contribution in [3.05, 3.63) is 29.3 Å². The third-order valence-corrected chi connectivity index (χ3v) is 11.7. The standard InChI is InChI=1S/C37H61NO3/c1-4-6-8-10-12-14-26-38(27-15-13-11-9-7-5-2)35(40)22-25-37(41)24-21-34-33-18-16-29-28-30(39)17-19-31(29)32(33)20-23-36(34,37)3/h17,19,28,32-34,39,41H,4-16,18,20-27H2,1-3H3/t32-,33-,34+,36+,37-/m1/s1. The number of amides is 1. The summed E-state index contributed by atoms with van der Waals surface area (Å²) in [5, 5.41) is 22.2. The molecule has 0 radical (unpaired) electrons. The highest BCUT2D eigenvalue weighted by atomic mass is 16.3. The minimum Gasteiger partial charge on any atom is -0.508 e. The molecule has 232 valence electrons. The minimum atomic E-state index is -0.737. The number of carbonyl (C=O) groups is 1. The molecule has 1 amide bonds. The van der Waals surface area contributed by atoms with Gasteiger partial charge in [0, 0.05) is 19.5 Å². The van der Waals surface area contributed by atoms with Gasteiger partial charge in [0.2, 0.25) is 5.91 Å². The maximum absolute atomic E-state index is 13.6. The Bertz CT molecular complexity index is 946. The summed E-state index contributed by atoms with van der Waals surface area (Å²) < 4.78 is 0. The first-order valence-electron chi connectivity index (χ1n) is 17.6. The van der Waals surface area contributed by atoms with Crippen LogP contribution in [0.2, 0.25) is 0 Å². The van der Waals surface area contributed by atoms with Gasteiger partial charge in [-0.25, -0.2) is 0 Å². The van der Waals surface area contributed by atoms with Crippen LogP contribution in [0.1, 0.15) is 160 Å².